The predicted octanol–water partition coefficient (Wildman–Crippen LogP) is 4.69. The Morgan fingerprint density at radius 3 is 2.18 bits per heavy atom. The quantitative estimate of drug-likeness (QED) is 0.234. The molecule has 10 heteroatoms. The SMILES string of the molecule is CN[C@H]1CCCn2nc(C(=O)Nc3cccc(-c4cccc(NC(=O)c5ccc(CN6CC[C@@H](O)C6)cn5)c4C)c3C)cc21. The molecular weight excluding hydrogens is 554 g/mol. The second-order valence-corrected chi connectivity index (χ2v) is 11.8. The molecule has 2 aliphatic rings. The van der Waals surface area contributed by atoms with E-state index in [1.54, 1.807) is 12.3 Å². The zero-order valence-corrected chi connectivity index (χ0v) is 25.4. The maximum atomic E-state index is 13.3. The second kappa shape index (κ2) is 12.7. The Morgan fingerprint density at radius 1 is 0.909 bits per heavy atom. The predicted molar refractivity (Wildman–Crippen MR) is 171 cm³/mol. The van der Waals surface area contributed by atoms with Crippen LogP contribution in [-0.2, 0) is 13.1 Å². The number of hydrogen-bond acceptors (Lipinski definition) is 7. The number of aromatic nitrogens is 3. The Hall–Kier alpha value is -4.38. The Labute approximate surface area is 257 Å². The van der Waals surface area contributed by atoms with Crippen LogP contribution in [0.5, 0.6) is 0 Å². The number of benzene rings is 2. The van der Waals surface area contributed by atoms with E-state index in [-0.39, 0.29) is 24.0 Å². The van der Waals surface area contributed by atoms with Crippen molar-refractivity contribution >= 4 is 23.2 Å². The number of hydrogen-bond donors (Lipinski definition) is 4. The van der Waals surface area contributed by atoms with Crippen LogP contribution in [-0.4, -0.2) is 62.8 Å². The molecule has 2 amide bonds. The number of rotatable bonds is 8. The van der Waals surface area contributed by atoms with Crippen LogP contribution in [0.2, 0.25) is 0 Å². The third-order valence-electron chi connectivity index (χ3n) is 8.78. The molecule has 228 valence electrons. The third kappa shape index (κ3) is 6.14. The maximum absolute atomic E-state index is 13.3. The average molecular weight is 594 g/mol. The number of carbonyl (C=O) groups is 2. The first-order valence-electron chi connectivity index (χ1n) is 15.2. The summed E-state index contributed by atoms with van der Waals surface area (Å²) in [6, 6.07) is 17.4. The average Bonchev–Trinajstić information content (AvgIpc) is 3.65. The Bertz CT molecular complexity index is 1680. The number of pyridine rings is 1. The summed E-state index contributed by atoms with van der Waals surface area (Å²) in [6.45, 7) is 7.00. The summed E-state index contributed by atoms with van der Waals surface area (Å²) in [5.41, 5.74) is 7.96. The highest BCUT2D eigenvalue weighted by molar-refractivity contribution is 6.05. The molecule has 0 radical (unpaired) electrons. The van der Waals surface area contributed by atoms with Crippen molar-refractivity contribution in [1.29, 1.82) is 0 Å². The number of β-amino-alcohol motifs (C(OH)–C–C–N with tert-alkyl or cyclic N) is 1. The minimum Gasteiger partial charge on any atom is -0.392 e. The van der Waals surface area contributed by atoms with Crippen LogP contribution >= 0.6 is 0 Å². The van der Waals surface area contributed by atoms with Crippen molar-refractivity contribution in [3.8, 4) is 11.1 Å². The molecule has 4 N–H and O–H groups in total. The van der Waals surface area contributed by atoms with Gasteiger partial charge in [-0.15, -0.1) is 0 Å². The molecule has 4 heterocycles. The van der Waals surface area contributed by atoms with Gasteiger partial charge in [0.15, 0.2) is 5.69 Å². The van der Waals surface area contributed by atoms with E-state index in [1.165, 1.54) is 0 Å². The molecule has 0 bridgehead atoms. The first-order chi connectivity index (χ1) is 21.3. The van der Waals surface area contributed by atoms with E-state index >= 15 is 0 Å². The molecule has 2 atom stereocenters. The molecule has 6 rings (SSSR count). The number of anilines is 2. The molecular formula is C34H39N7O3. The highest BCUT2D eigenvalue weighted by Crippen LogP contribution is 2.34. The first kappa shape index (κ1) is 29.7. The number of fused-ring (bicyclic) bond motifs is 1. The van der Waals surface area contributed by atoms with E-state index in [1.807, 2.05) is 74.1 Å². The minimum atomic E-state index is -0.283. The summed E-state index contributed by atoms with van der Waals surface area (Å²) in [6.07, 6.45) is 4.29. The van der Waals surface area contributed by atoms with Gasteiger partial charge in [0.25, 0.3) is 11.8 Å². The van der Waals surface area contributed by atoms with E-state index in [0.29, 0.717) is 35.9 Å². The number of aliphatic hydroxyl groups excluding tert-OH is 1. The lowest BCUT2D eigenvalue weighted by Gasteiger charge is -2.22. The summed E-state index contributed by atoms with van der Waals surface area (Å²) in [5.74, 6) is -0.523. The van der Waals surface area contributed by atoms with Crippen molar-refractivity contribution in [3.05, 3.63) is 94.6 Å². The van der Waals surface area contributed by atoms with Crippen molar-refractivity contribution < 1.29 is 14.7 Å². The van der Waals surface area contributed by atoms with Crippen LogP contribution in [0, 0.1) is 13.8 Å². The third-order valence-corrected chi connectivity index (χ3v) is 8.78. The van der Waals surface area contributed by atoms with Crippen molar-refractivity contribution in [2.24, 2.45) is 0 Å². The fourth-order valence-electron chi connectivity index (χ4n) is 6.25. The molecule has 2 aromatic carbocycles. The normalized spacial score (nSPS) is 18.2. The summed E-state index contributed by atoms with van der Waals surface area (Å²) < 4.78 is 1.93. The largest absolute Gasteiger partial charge is 0.392 e. The van der Waals surface area contributed by atoms with Crippen molar-refractivity contribution in [3.63, 3.8) is 0 Å². The summed E-state index contributed by atoms with van der Waals surface area (Å²) in [5, 5.41) is 23.7. The molecule has 0 unspecified atom stereocenters. The zero-order chi connectivity index (χ0) is 30.8. The molecule has 2 aliphatic heterocycles. The Morgan fingerprint density at radius 2 is 1.59 bits per heavy atom. The van der Waals surface area contributed by atoms with Crippen LogP contribution in [0.25, 0.3) is 11.1 Å². The highest BCUT2D eigenvalue weighted by atomic mass is 16.3. The van der Waals surface area contributed by atoms with Gasteiger partial charge in [0.1, 0.15) is 5.69 Å². The van der Waals surface area contributed by atoms with E-state index in [0.717, 1.165) is 65.9 Å². The Kier molecular flexibility index (Phi) is 8.56. The minimum absolute atomic E-state index is 0.198. The van der Waals surface area contributed by atoms with E-state index in [2.05, 4.69) is 30.9 Å². The summed E-state index contributed by atoms with van der Waals surface area (Å²) in [7, 11) is 1.93. The molecule has 2 aromatic heterocycles. The molecule has 44 heavy (non-hydrogen) atoms. The van der Waals surface area contributed by atoms with Crippen molar-refractivity contribution in [1.82, 2.24) is 25.0 Å². The van der Waals surface area contributed by atoms with Gasteiger partial charge in [-0.05, 0) is 92.2 Å². The molecule has 1 saturated heterocycles. The van der Waals surface area contributed by atoms with Gasteiger partial charge >= 0.3 is 0 Å². The fraction of sp³-hybridized carbons (Fsp3) is 0.353. The molecule has 10 nitrogen and oxygen atoms in total. The van der Waals surface area contributed by atoms with Crippen LogP contribution < -0.4 is 16.0 Å². The van der Waals surface area contributed by atoms with E-state index in [4.69, 9.17) is 0 Å². The zero-order valence-electron chi connectivity index (χ0n) is 25.4. The topological polar surface area (TPSA) is 124 Å². The van der Waals surface area contributed by atoms with Gasteiger partial charge in [-0.3, -0.25) is 24.2 Å². The number of aliphatic hydroxyl groups is 1. The van der Waals surface area contributed by atoms with Crippen molar-refractivity contribution in [2.75, 3.05) is 30.8 Å². The van der Waals surface area contributed by atoms with Gasteiger partial charge in [-0.1, -0.05) is 30.3 Å². The fourth-order valence-corrected chi connectivity index (χ4v) is 6.25. The number of likely N-dealkylation sites (tertiary alicyclic amines) is 1. The van der Waals surface area contributed by atoms with Crippen LogP contribution in [0.4, 0.5) is 11.4 Å². The van der Waals surface area contributed by atoms with Gasteiger partial charge in [-0.25, -0.2) is 0 Å². The summed E-state index contributed by atoms with van der Waals surface area (Å²) >= 11 is 0. The molecule has 1 fully saturated rings. The van der Waals surface area contributed by atoms with Crippen molar-refractivity contribution in [2.45, 2.75) is 58.3 Å². The second-order valence-electron chi connectivity index (χ2n) is 11.8. The van der Waals surface area contributed by atoms with E-state index in [9.17, 15) is 14.7 Å². The number of nitrogens with zero attached hydrogens (tertiary/aromatic N) is 4. The van der Waals surface area contributed by atoms with E-state index < -0.39 is 0 Å². The molecule has 0 saturated carbocycles. The number of nitrogens with one attached hydrogen (secondary N) is 3. The van der Waals surface area contributed by atoms with Gasteiger partial charge < -0.3 is 21.1 Å². The maximum Gasteiger partial charge on any atom is 0.276 e. The van der Waals surface area contributed by atoms with Gasteiger partial charge in [0, 0.05) is 49.8 Å². The summed E-state index contributed by atoms with van der Waals surface area (Å²) in [4.78, 5) is 33.0. The number of carbonyl (C=O) groups excluding carboxylic acids is 2. The highest BCUT2D eigenvalue weighted by Gasteiger charge is 2.24. The smallest absolute Gasteiger partial charge is 0.276 e. The molecule has 0 spiro atoms. The lowest BCUT2D eigenvalue weighted by Crippen LogP contribution is -2.24. The standard InChI is InChI=1S/C34H39N7O3/c1-21-25(7-4-9-27(21)37-33(43)30-13-12-23(18-36-30)19-40-16-14-24(42)20-40)26-8-5-10-28(22(26)2)38-34(44)31-17-32-29(35-3)11-6-15-41(32)39-31/h4-5,7-10,12-13,17-18,24,29,35,42H,6,11,14-16,19-20H2,1-3H3,(H,37,43)(H,38,44)/t24-,29+/m1/s1. The first-order valence-corrected chi connectivity index (χ1v) is 15.2. The van der Waals surface area contributed by atoms with Crippen LogP contribution in [0.1, 0.15) is 68.7 Å². The lowest BCUT2D eigenvalue weighted by atomic mass is 9.94. The monoisotopic (exact) mass is 593 g/mol. The number of amides is 2. The van der Waals surface area contributed by atoms with Crippen LogP contribution in [0.15, 0.2) is 60.8 Å². The number of aryl methyl sites for hydroxylation is 1. The molecule has 0 aliphatic carbocycles. The molecule has 4 aromatic rings. The van der Waals surface area contributed by atoms with Crippen LogP contribution in [0.3, 0.4) is 0 Å². The van der Waals surface area contributed by atoms with Gasteiger partial charge in [0.2, 0.25) is 0 Å². The van der Waals surface area contributed by atoms with Gasteiger partial charge in [0.05, 0.1) is 11.8 Å². The van der Waals surface area contributed by atoms with Gasteiger partial charge in [-0.2, -0.15) is 5.10 Å². The Balaban J connectivity index is 1.16. The lowest BCUT2D eigenvalue weighted by molar-refractivity contribution is 0.101.